The van der Waals surface area contributed by atoms with Gasteiger partial charge in [0, 0.05) is 17.8 Å². The van der Waals surface area contributed by atoms with E-state index in [0.29, 0.717) is 24.4 Å². The molecule has 136 valence electrons. The zero-order chi connectivity index (χ0) is 18.7. The first-order valence-electron chi connectivity index (χ1n) is 8.91. The van der Waals surface area contributed by atoms with Crippen LogP contribution >= 0.6 is 0 Å². The van der Waals surface area contributed by atoms with Crippen LogP contribution in [0.25, 0.3) is 0 Å². The van der Waals surface area contributed by atoms with Crippen molar-refractivity contribution in [3.63, 3.8) is 0 Å². The number of nitrogens with zero attached hydrogens (tertiary/aromatic N) is 2. The van der Waals surface area contributed by atoms with Gasteiger partial charge in [-0.25, -0.2) is 0 Å². The first kappa shape index (κ1) is 18.0. The van der Waals surface area contributed by atoms with Crippen molar-refractivity contribution in [3.8, 4) is 5.75 Å². The lowest BCUT2D eigenvalue weighted by Gasteiger charge is -2.36. The van der Waals surface area contributed by atoms with E-state index in [0.717, 1.165) is 11.4 Å². The number of Topliss-reactive ketones (excluding diaryl/α,β-unsaturated/α-hetero) is 1. The van der Waals surface area contributed by atoms with Crippen molar-refractivity contribution < 1.29 is 14.3 Å². The van der Waals surface area contributed by atoms with Gasteiger partial charge in [-0.3, -0.25) is 9.59 Å². The summed E-state index contributed by atoms with van der Waals surface area (Å²) in [5, 5.41) is 0. The highest BCUT2D eigenvalue weighted by Crippen LogP contribution is 2.34. The maximum Gasteiger partial charge on any atom is 0.246 e. The van der Waals surface area contributed by atoms with Gasteiger partial charge >= 0.3 is 0 Å². The fourth-order valence-electron chi connectivity index (χ4n) is 3.26. The van der Waals surface area contributed by atoms with Crippen LogP contribution in [0.1, 0.15) is 31.1 Å². The summed E-state index contributed by atoms with van der Waals surface area (Å²) in [6.45, 7) is 6.93. The molecule has 0 saturated carbocycles. The largest absolute Gasteiger partial charge is 0.487 e. The van der Waals surface area contributed by atoms with Gasteiger partial charge in [0.25, 0.3) is 0 Å². The number of hydrogen-bond acceptors (Lipinski definition) is 4. The van der Waals surface area contributed by atoms with Crippen molar-refractivity contribution in [2.24, 2.45) is 0 Å². The maximum atomic E-state index is 13.0. The summed E-state index contributed by atoms with van der Waals surface area (Å²) >= 11 is 0. The van der Waals surface area contributed by atoms with Gasteiger partial charge in [-0.15, -0.1) is 0 Å². The Balaban J connectivity index is 1.86. The molecule has 5 heteroatoms. The number of carbonyl (C=O) groups excluding carboxylic acids is 2. The van der Waals surface area contributed by atoms with Crippen LogP contribution in [0.2, 0.25) is 0 Å². The summed E-state index contributed by atoms with van der Waals surface area (Å²) in [4.78, 5) is 28.5. The van der Waals surface area contributed by atoms with Gasteiger partial charge in [-0.1, -0.05) is 18.2 Å². The highest BCUT2D eigenvalue weighted by atomic mass is 16.5. The number of ketones is 1. The number of ether oxygens (including phenoxy) is 1. The summed E-state index contributed by atoms with van der Waals surface area (Å²) < 4.78 is 5.87. The third kappa shape index (κ3) is 3.72. The second-order valence-electron chi connectivity index (χ2n) is 6.52. The van der Waals surface area contributed by atoms with Crippen LogP contribution in [0.3, 0.4) is 0 Å². The van der Waals surface area contributed by atoms with Gasteiger partial charge in [0.05, 0.1) is 18.8 Å². The van der Waals surface area contributed by atoms with Gasteiger partial charge in [0.15, 0.2) is 5.78 Å². The van der Waals surface area contributed by atoms with E-state index in [1.165, 1.54) is 6.92 Å². The number of carbonyl (C=O) groups is 2. The topological polar surface area (TPSA) is 49.9 Å². The molecule has 2 aromatic rings. The van der Waals surface area contributed by atoms with Gasteiger partial charge in [-0.05, 0) is 51.1 Å². The summed E-state index contributed by atoms with van der Waals surface area (Å²) in [6.07, 6.45) is -0.0229. The summed E-state index contributed by atoms with van der Waals surface area (Å²) in [7, 11) is 0. The number of hydrogen-bond donors (Lipinski definition) is 0. The Labute approximate surface area is 154 Å². The molecule has 0 bridgehead atoms. The molecule has 1 heterocycles. The van der Waals surface area contributed by atoms with E-state index in [1.54, 1.807) is 11.0 Å². The SMILES string of the molecule is CCN(C(=O)CN1CC(C)Oc2ccc(C(C)=O)cc21)c1ccccc1. The molecule has 26 heavy (non-hydrogen) atoms. The van der Waals surface area contributed by atoms with Crippen LogP contribution in [0.5, 0.6) is 5.75 Å². The minimum atomic E-state index is -0.0229. The Bertz CT molecular complexity index is 804. The van der Waals surface area contributed by atoms with Crippen LogP contribution in [0.4, 0.5) is 11.4 Å². The predicted octanol–water partition coefficient (Wildman–Crippen LogP) is 3.53. The molecule has 0 N–H and O–H groups in total. The number of anilines is 2. The third-order valence-electron chi connectivity index (χ3n) is 4.52. The molecule has 3 rings (SSSR count). The van der Waals surface area contributed by atoms with Crippen molar-refractivity contribution in [3.05, 3.63) is 54.1 Å². The number of para-hydroxylation sites is 1. The molecule has 2 aromatic carbocycles. The number of likely N-dealkylation sites (N-methyl/N-ethyl adjacent to an activating group) is 1. The zero-order valence-corrected chi connectivity index (χ0v) is 15.4. The molecule has 1 aliphatic rings. The highest BCUT2D eigenvalue weighted by Gasteiger charge is 2.27. The molecule has 1 unspecified atom stereocenters. The Morgan fingerprint density at radius 1 is 1.19 bits per heavy atom. The molecule has 0 aromatic heterocycles. The first-order chi connectivity index (χ1) is 12.5. The number of fused-ring (bicyclic) bond motifs is 1. The fourth-order valence-corrected chi connectivity index (χ4v) is 3.26. The van der Waals surface area contributed by atoms with E-state index in [2.05, 4.69) is 0 Å². The molecule has 5 nitrogen and oxygen atoms in total. The molecule has 0 saturated heterocycles. The van der Waals surface area contributed by atoms with Crippen molar-refractivity contribution in [2.45, 2.75) is 26.9 Å². The monoisotopic (exact) mass is 352 g/mol. The van der Waals surface area contributed by atoms with Crippen LogP contribution < -0.4 is 14.5 Å². The third-order valence-corrected chi connectivity index (χ3v) is 4.52. The number of benzene rings is 2. The molecule has 0 fully saturated rings. The van der Waals surface area contributed by atoms with Gasteiger partial charge < -0.3 is 14.5 Å². The Morgan fingerprint density at radius 3 is 2.58 bits per heavy atom. The van der Waals surface area contributed by atoms with Crippen molar-refractivity contribution in [2.75, 3.05) is 29.4 Å². The van der Waals surface area contributed by atoms with E-state index in [1.807, 2.05) is 61.2 Å². The van der Waals surface area contributed by atoms with Crippen molar-refractivity contribution >= 4 is 23.1 Å². The van der Waals surface area contributed by atoms with Crippen LogP contribution in [0, 0.1) is 0 Å². The molecular formula is C21H24N2O3. The molecule has 0 radical (unpaired) electrons. The quantitative estimate of drug-likeness (QED) is 0.773. The molecule has 1 aliphatic heterocycles. The number of amides is 1. The lowest BCUT2D eigenvalue weighted by molar-refractivity contribution is -0.117. The Morgan fingerprint density at radius 2 is 1.92 bits per heavy atom. The van der Waals surface area contributed by atoms with E-state index in [9.17, 15) is 9.59 Å². The van der Waals surface area contributed by atoms with E-state index < -0.39 is 0 Å². The molecule has 1 atom stereocenters. The van der Waals surface area contributed by atoms with E-state index >= 15 is 0 Å². The normalized spacial score (nSPS) is 15.8. The lowest BCUT2D eigenvalue weighted by Crippen LogP contribution is -2.46. The van der Waals surface area contributed by atoms with Crippen molar-refractivity contribution in [1.82, 2.24) is 0 Å². The smallest absolute Gasteiger partial charge is 0.246 e. The zero-order valence-electron chi connectivity index (χ0n) is 15.4. The highest BCUT2D eigenvalue weighted by molar-refractivity contribution is 5.98. The van der Waals surface area contributed by atoms with E-state index in [-0.39, 0.29) is 24.3 Å². The van der Waals surface area contributed by atoms with Crippen LogP contribution in [-0.4, -0.2) is 37.4 Å². The van der Waals surface area contributed by atoms with Gasteiger partial charge in [0.1, 0.15) is 11.9 Å². The minimum absolute atomic E-state index is 0.00262. The standard InChI is InChI=1S/C21H24N2O3/c1-4-23(18-8-6-5-7-9-18)21(25)14-22-13-15(2)26-20-11-10-17(16(3)24)12-19(20)22/h5-12,15H,4,13-14H2,1-3H3. The Hall–Kier alpha value is -2.82. The predicted molar refractivity (Wildman–Crippen MR) is 103 cm³/mol. The maximum absolute atomic E-state index is 13.0. The van der Waals surface area contributed by atoms with Crippen LogP contribution in [-0.2, 0) is 4.79 Å². The first-order valence-corrected chi connectivity index (χ1v) is 8.91. The minimum Gasteiger partial charge on any atom is -0.487 e. The summed E-state index contributed by atoms with van der Waals surface area (Å²) in [6, 6.07) is 15.1. The molecule has 0 spiro atoms. The average Bonchev–Trinajstić information content (AvgIpc) is 2.62. The molecule has 0 aliphatic carbocycles. The van der Waals surface area contributed by atoms with Crippen LogP contribution in [0.15, 0.2) is 48.5 Å². The second-order valence-corrected chi connectivity index (χ2v) is 6.52. The summed E-state index contributed by atoms with van der Waals surface area (Å²) in [5.41, 5.74) is 2.31. The molecule has 1 amide bonds. The molecular weight excluding hydrogens is 328 g/mol. The Kier molecular flexibility index (Phi) is 5.26. The second kappa shape index (κ2) is 7.60. The van der Waals surface area contributed by atoms with Gasteiger partial charge in [0.2, 0.25) is 5.91 Å². The summed E-state index contributed by atoms with van der Waals surface area (Å²) in [5.74, 6) is 0.730. The fraction of sp³-hybridized carbons (Fsp3) is 0.333. The number of rotatable bonds is 5. The average molecular weight is 352 g/mol. The van der Waals surface area contributed by atoms with Gasteiger partial charge in [-0.2, -0.15) is 0 Å². The lowest BCUT2D eigenvalue weighted by atomic mass is 10.1. The van der Waals surface area contributed by atoms with Crippen molar-refractivity contribution in [1.29, 1.82) is 0 Å². The van der Waals surface area contributed by atoms with E-state index in [4.69, 9.17) is 4.74 Å².